The Kier molecular flexibility index (Phi) is 5.32. The molecule has 1 atom stereocenters. The minimum absolute atomic E-state index is 0.0543. The van der Waals surface area contributed by atoms with Crippen LogP contribution in [0.5, 0.6) is 0 Å². The number of nitro groups is 1. The van der Waals surface area contributed by atoms with Gasteiger partial charge in [0.15, 0.2) is 17.7 Å². The van der Waals surface area contributed by atoms with E-state index in [1.54, 1.807) is 0 Å². The van der Waals surface area contributed by atoms with Crippen LogP contribution in [0.3, 0.4) is 0 Å². The molecule has 3 rings (SSSR count). The zero-order chi connectivity index (χ0) is 20.4. The summed E-state index contributed by atoms with van der Waals surface area (Å²) in [5, 5.41) is 17.9. The minimum Gasteiger partial charge on any atom is -0.449 e. The largest absolute Gasteiger partial charge is 0.449 e. The molecule has 0 fully saturated rings. The van der Waals surface area contributed by atoms with Gasteiger partial charge in [-0.2, -0.15) is 0 Å². The summed E-state index contributed by atoms with van der Waals surface area (Å²) in [5.74, 6) is -3.47. The molecule has 0 N–H and O–H groups in total. The van der Waals surface area contributed by atoms with Crippen LogP contribution < -0.4 is 0 Å². The summed E-state index contributed by atoms with van der Waals surface area (Å²) >= 11 is 5.74. The van der Waals surface area contributed by atoms with Gasteiger partial charge < -0.3 is 9.15 Å². The smallest absolute Gasteiger partial charge is 0.340 e. The topological polar surface area (TPSA) is 108 Å². The average molecular weight is 410 g/mol. The minimum atomic E-state index is -1.25. The second-order valence-electron chi connectivity index (χ2n) is 5.54. The molecule has 8 nitrogen and oxygen atoms in total. The number of benzene rings is 2. The first-order valence-corrected chi connectivity index (χ1v) is 8.08. The fraction of sp³-hybridized carbons (Fsp3) is 0.118. The van der Waals surface area contributed by atoms with E-state index in [-0.39, 0.29) is 28.1 Å². The lowest BCUT2D eigenvalue weighted by Gasteiger charge is -2.10. The third-order valence-corrected chi connectivity index (χ3v) is 3.94. The number of hydrogen-bond acceptors (Lipinski definition) is 7. The predicted molar refractivity (Wildman–Crippen MR) is 91.6 cm³/mol. The van der Waals surface area contributed by atoms with Crippen molar-refractivity contribution in [2.24, 2.45) is 0 Å². The van der Waals surface area contributed by atoms with Crippen molar-refractivity contribution in [3.8, 4) is 11.5 Å². The van der Waals surface area contributed by atoms with Crippen molar-refractivity contribution in [3.05, 3.63) is 74.6 Å². The van der Waals surface area contributed by atoms with Gasteiger partial charge in [-0.15, -0.1) is 10.2 Å². The number of nitro benzene ring substituents is 1. The van der Waals surface area contributed by atoms with E-state index >= 15 is 0 Å². The van der Waals surface area contributed by atoms with E-state index in [4.69, 9.17) is 20.8 Å². The van der Waals surface area contributed by atoms with E-state index in [2.05, 4.69) is 10.2 Å². The van der Waals surface area contributed by atoms with Crippen LogP contribution in [0.15, 0.2) is 40.8 Å². The Labute approximate surface area is 160 Å². The lowest BCUT2D eigenvalue weighted by Crippen LogP contribution is -2.11. The van der Waals surface area contributed by atoms with Crippen LogP contribution >= 0.6 is 11.6 Å². The van der Waals surface area contributed by atoms with E-state index in [9.17, 15) is 23.7 Å². The maximum atomic E-state index is 13.3. The summed E-state index contributed by atoms with van der Waals surface area (Å²) in [4.78, 5) is 22.3. The second-order valence-corrected chi connectivity index (χ2v) is 5.95. The van der Waals surface area contributed by atoms with Crippen LogP contribution in [0.4, 0.5) is 14.5 Å². The molecule has 0 aliphatic rings. The van der Waals surface area contributed by atoms with Crippen molar-refractivity contribution in [1.82, 2.24) is 10.2 Å². The van der Waals surface area contributed by atoms with Crippen LogP contribution in [0.1, 0.15) is 29.3 Å². The Balaban J connectivity index is 1.75. The lowest BCUT2D eigenvalue weighted by atomic mass is 10.2. The molecular weight excluding hydrogens is 400 g/mol. The van der Waals surface area contributed by atoms with E-state index in [1.165, 1.54) is 31.2 Å². The molecule has 2 aromatic carbocycles. The molecule has 0 aliphatic heterocycles. The van der Waals surface area contributed by atoms with Gasteiger partial charge in [-0.3, -0.25) is 10.1 Å². The van der Waals surface area contributed by atoms with Gasteiger partial charge in [0.05, 0.1) is 15.5 Å². The summed E-state index contributed by atoms with van der Waals surface area (Å²) < 4.78 is 36.9. The molecule has 11 heteroatoms. The summed E-state index contributed by atoms with van der Waals surface area (Å²) in [6, 6.07) is 6.68. The molecule has 28 heavy (non-hydrogen) atoms. The quantitative estimate of drug-likeness (QED) is 0.264. The molecule has 1 aromatic heterocycles. The van der Waals surface area contributed by atoms with Crippen molar-refractivity contribution >= 4 is 23.3 Å². The lowest BCUT2D eigenvalue weighted by molar-refractivity contribution is -0.384. The van der Waals surface area contributed by atoms with Gasteiger partial charge >= 0.3 is 5.97 Å². The molecule has 3 aromatic rings. The number of non-ortho nitro benzene ring substituents is 1. The second kappa shape index (κ2) is 7.69. The van der Waals surface area contributed by atoms with E-state index in [0.717, 1.165) is 0 Å². The SMILES string of the molecule is C[C@@H](OC(=O)c1cc(F)c(F)cc1Cl)c1nnc(-c2ccc([N+](=O)[O-])cc2)o1. The molecule has 1 heterocycles. The van der Waals surface area contributed by atoms with Gasteiger partial charge in [0.2, 0.25) is 5.89 Å². The molecule has 0 amide bonds. The fourth-order valence-corrected chi connectivity index (χ4v) is 2.42. The maximum absolute atomic E-state index is 13.3. The number of halogens is 3. The number of aromatic nitrogens is 2. The highest BCUT2D eigenvalue weighted by Gasteiger charge is 2.23. The van der Waals surface area contributed by atoms with E-state index in [1.807, 2.05) is 0 Å². The summed E-state index contributed by atoms with van der Waals surface area (Å²) in [5.41, 5.74) is -0.0387. The van der Waals surface area contributed by atoms with Crippen molar-refractivity contribution in [3.63, 3.8) is 0 Å². The first-order valence-electron chi connectivity index (χ1n) is 7.70. The van der Waals surface area contributed by atoms with Crippen LogP contribution in [-0.4, -0.2) is 21.1 Å². The van der Waals surface area contributed by atoms with E-state index < -0.39 is 28.6 Å². The number of ether oxygens (including phenoxy) is 1. The van der Waals surface area contributed by atoms with E-state index in [0.29, 0.717) is 17.7 Å². The van der Waals surface area contributed by atoms with Crippen molar-refractivity contribution in [2.45, 2.75) is 13.0 Å². The molecule has 0 aliphatic carbocycles. The Morgan fingerprint density at radius 3 is 2.50 bits per heavy atom. The summed E-state index contributed by atoms with van der Waals surface area (Å²) in [7, 11) is 0. The molecule has 144 valence electrons. The van der Waals surface area contributed by atoms with Crippen molar-refractivity contribution in [1.29, 1.82) is 0 Å². The summed E-state index contributed by atoms with van der Waals surface area (Å²) in [6.45, 7) is 1.43. The number of hydrogen-bond donors (Lipinski definition) is 0. The monoisotopic (exact) mass is 409 g/mol. The zero-order valence-electron chi connectivity index (χ0n) is 14.1. The van der Waals surface area contributed by atoms with Gasteiger partial charge in [-0.05, 0) is 31.2 Å². The molecule has 0 unspecified atom stereocenters. The normalized spacial score (nSPS) is 11.9. The maximum Gasteiger partial charge on any atom is 0.340 e. The highest BCUT2D eigenvalue weighted by atomic mass is 35.5. The molecule has 0 saturated heterocycles. The molecule has 0 radical (unpaired) electrons. The van der Waals surface area contributed by atoms with Gasteiger partial charge in [-0.1, -0.05) is 11.6 Å². The highest BCUT2D eigenvalue weighted by Crippen LogP contribution is 2.26. The van der Waals surface area contributed by atoms with Crippen molar-refractivity contribution in [2.75, 3.05) is 0 Å². The van der Waals surface area contributed by atoms with Gasteiger partial charge in [0, 0.05) is 17.7 Å². The standard InChI is InChI=1S/C17H10ClF2N3O5/c1-8(27-17(24)11-6-13(19)14(20)7-12(11)18)15-21-22-16(28-15)9-2-4-10(5-3-9)23(25)26/h2-8H,1H3/t8-/m1/s1. The highest BCUT2D eigenvalue weighted by molar-refractivity contribution is 6.33. The van der Waals surface area contributed by atoms with Crippen LogP contribution in [0, 0.1) is 21.7 Å². The van der Waals surface area contributed by atoms with Crippen molar-refractivity contribution < 1.29 is 27.7 Å². The van der Waals surface area contributed by atoms with Gasteiger partial charge in [-0.25, -0.2) is 13.6 Å². The van der Waals surface area contributed by atoms with Crippen LogP contribution in [0.25, 0.3) is 11.5 Å². The fourth-order valence-electron chi connectivity index (χ4n) is 2.19. The summed E-state index contributed by atoms with van der Waals surface area (Å²) in [6.07, 6.45) is -1.02. The molecular formula is C17H10ClF2N3O5. The number of rotatable bonds is 5. The van der Waals surface area contributed by atoms with Crippen LogP contribution in [0.2, 0.25) is 5.02 Å². The average Bonchev–Trinajstić information content (AvgIpc) is 3.15. The zero-order valence-corrected chi connectivity index (χ0v) is 14.8. The number of esters is 1. The molecule has 0 spiro atoms. The number of carbonyl (C=O) groups excluding carboxylic acids is 1. The first kappa shape index (κ1) is 19.4. The Bertz CT molecular complexity index is 1060. The number of nitrogens with zero attached hydrogens (tertiary/aromatic N) is 3. The van der Waals surface area contributed by atoms with Gasteiger partial charge in [0.1, 0.15) is 0 Å². The van der Waals surface area contributed by atoms with Gasteiger partial charge in [0.25, 0.3) is 11.6 Å². The predicted octanol–water partition coefficient (Wildman–Crippen LogP) is 4.49. The van der Waals surface area contributed by atoms with Crippen LogP contribution in [-0.2, 0) is 4.74 Å². The Hall–Kier alpha value is -3.40. The Morgan fingerprint density at radius 2 is 1.86 bits per heavy atom. The Morgan fingerprint density at radius 1 is 1.21 bits per heavy atom. The molecule has 0 bridgehead atoms. The first-order chi connectivity index (χ1) is 13.3. The third-order valence-electron chi connectivity index (χ3n) is 3.63. The molecule has 0 saturated carbocycles. The number of carbonyl (C=O) groups is 1. The third kappa shape index (κ3) is 3.96.